The fraction of sp³-hybridized carbons (Fsp3) is 0.700. The van der Waals surface area contributed by atoms with Crippen LogP contribution in [0.1, 0.15) is 36.5 Å². The van der Waals surface area contributed by atoms with E-state index in [1.807, 2.05) is 6.07 Å². The molecule has 1 heterocycles. The molecule has 78 valence electrons. The molecule has 2 atom stereocenters. The van der Waals surface area contributed by atoms with Crippen LogP contribution in [0.4, 0.5) is 0 Å². The summed E-state index contributed by atoms with van der Waals surface area (Å²) in [5.41, 5.74) is 0. The molecule has 1 saturated carbocycles. The molecule has 4 heteroatoms. The van der Waals surface area contributed by atoms with E-state index in [1.54, 1.807) is 18.6 Å². The van der Waals surface area contributed by atoms with Gasteiger partial charge in [0.05, 0.1) is 7.11 Å². The van der Waals surface area contributed by atoms with Gasteiger partial charge >= 0.3 is 0 Å². The highest BCUT2D eigenvalue weighted by Gasteiger charge is 2.23. The van der Waals surface area contributed by atoms with E-state index in [4.69, 9.17) is 16.3 Å². The zero-order chi connectivity index (χ0) is 9.97. The molecule has 14 heavy (non-hydrogen) atoms. The molecular formula is C10H14ClNOS. The normalized spacial score (nSPS) is 27.6. The number of ether oxygens (including phenoxy) is 1. The molecule has 0 bridgehead atoms. The van der Waals surface area contributed by atoms with Crippen molar-refractivity contribution in [3.8, 4) is 5.88 Å². The Balaban J connectivity index is 2.06. The van der Waals surface area contributed by atoms with Crippen LogP contribution in [-0.4, -0.2) is 16.9 Å². The summed E-state index contributed by atoms with van der Waals surface area (Å²) < 4.78 is 9.29. The van der Waals surface area contributed by atoms with Gasteiger partial charge in [-0.05, 0) is 36.7 Å². The first-order chi connectivity index (χ1) is 6.79. The number of methoxy groups -OCH3 is 1. The molecule has 1 aromatic heterocycles. The van der Waals surface area contributed by atoms with E-state index in [2.05, 4.69) is 4.37 Å². The number of aromatic nitrogens is 1. The lowest BCUT2D eigenvalue weighted by atomic mass is 9.88. The molecule has 1 fully saturated rings. The largest absolute Gasteiger partial charge is 0.480 e. The topological polar surface area (TPSA) is 22.1 Å². The van der Waals surface area contributed by atoms with Crippen LogP contribution in [0.15, 0.2) is 6.07 Å². The van der Waals surface area contributed by atoms with Crippen LogP contribution in [0.3, 0.4) is 0 Å². The molecule has 0 spiro atoms. The Morgan fingerprint density at radius 2 is 2.43 bits per heavy atom. The molecule has 1 aromatic rings. The molecule has 0 saturated heterocycles. The monoisotopic (exact) mass is 231 g/mol. The predicted octanol–water partition coefficient (Wildman–Crippen LogP) is 3.42. The fourth-order valence-electron chi connectivity index (χ4n) is 1.95. The van der Waals surface area contributed by atoms with Gasteiger partial charge in [-0.2, -0.15) is 4.37 Å². The number of hydrogen-bond acceptors (Lipinski definition) is 3. The van der Waals surface area contributed by atoms with E-state index in [1.165, 1.54) is 17.7 Å². The average molecular weight is 232 g/mol. The summed E-state index contributed by atoms with van der Waals surface area (Å²) in [4.78, 5) is 1.33. The van der Waals surface area contributed by atoms with Crippen LogP contribution in [-0.2, 0) is 0 Å². The van der Waals surface area contributed by atoms with Crippen molar-refractivity contribution in [3.63, 3.8) is 0 Å². The average Bonchev–Trinajstić information content (AvgIpc) is 2.66. The standard InChI is InChI=1S/C10H14ClNOS/c1-13-10-6-9(14-12-10)7-3-2-4-8(11)5-7/h6-8H,2-5H2,1H3. The lowest BCUT2D eigenvalue weighted by molar-refractivity contribution is 0.401. The third-order valence-corrected chi connectivity index (χ3v) is 4.06. The highest BCUT2D eigenvalue weighted by atomic mass is 35.5. The van der Waals surface area contributed by atoms with Gasteiger partial charge < -0.3 is 4.74 Å². The Morgan fingerprint density at radius 3 is 3.07 bits per heavy atom. The van der Waals surface area contributed by atoms with Crippen LogP contribution in [0, 0.1) is 0 Å². The van der Waals surface area contributed by atoms with E-state index in [0.717, 1.165) is 18.7 Å². The Kier molecular flexibility index (Phi) is 3.29. The quantitative estimate of drug-likeness (QED) is 0.728. The highest BCUT2D eigenvalue weighted by molar-refractivity contribution is 7.06. The Bertz CT molecular complexity index is 302. The minimum absolute atomic E-state index is 0.349. The Labute approximate surface area is 93.4 Å². The molecule has 0 amide bonds. The summed E-state index contributed by atoms with van der Waals surface area (Å²) in [6, 6.07) is 2.05. The summed E-state index contributed by atoms with van der Waals surface area (Å²) in [6.45, 7) is 0. The van der Waals surface area contributed by atoms with Crippen LogP contribution >= 0.6 is 23.1 Å². The van der Waals surface area contributed by atoms with Gasteiger partial charge in [-0.15, -0.1) is 11.6 Å². The second-order valence-corrected chi connectivity index (χ2v) is 5.19. The smallest absolute Gasteiger partial charge is 0.225 e. The molecule has 2 rings (SSSR count). The van der Waals surface area contributed by atoms with Crippen molar-refractivity contribution in [1.29, 1.82) is 0 Å². The molecular weight excluding hydrogens is 218 g/mol. The first kappa shape index (κ1) is 10.2. The zero-order valence-electron chi connectivity index (χ0n) is 8.20. The van der Waals surface area contributed by atoms with Crippen molar-refractivity contribution in [2.24, 2.45) is 0 Å². The molecule has 2 nitrogen and oxygen atoms in total. The van der Waals surface area contributed by atoms with E-state index < -0.39 is 0 Å². The van der Waals surface area contributed by atoms with Crippen molar-refractivity contribution < 1.29 is 4.74 Å². The summed E-state index contributed by atoms with van der Waals surface area (Å²) in [5.74, 6) is 1.34. The Hall–Kier alpha value is -0.280. The van der Waals surface area contributed by atoms with Crippen LogP contribution in [0.5, 0.6) is 5.88 Å². The highest BCUT2D eigenvalue weighted by Crippen LogP contribution is 2.38. The van der Waals surface area contributed by atoms with E-state index in [-0.39, 0.29) is 0 Å². The summed E-state index contributed by atoms with van der Waals surface area (Å²) >= 11 is 7.70. The minimum Gasteiger partial charge on any atom is -0.480 e. The van der Waals surface area contributed by atoms with Gasteiger partial charge in [0.25, 0.3) is 0 Å². The van der Waals surface area contributed by atoms with Crippen LogP contribution < -0.4 is 4.74 Å². The van der Waals surface area contributed by atoms with Crippen molar-refractivity contribution in [3.05, 3.63) is 10.9 Å². The van der Waals surface area contributed by atoms with Gasteiger partial charge in [-0.3, -0.25) is 0 Å². The van der Waals surface area contributed by atoms with Gasteiger partial charge in [0.15, 0.2) is 0 Å². The fourth-order valence-corrected chi connectivity index (χ4v) is 3.16. The van der Waals surface area contributed by atoms with Gasteiger partial charge in [0.2, 0.25) is 5.88 Å². The summed E-state index contributed by atoms with van der Waals surface area (Å²) in [6.07, 6.45) is 4.73. The van der Waals surface area contributed by atoms with Gasteiger partial charge in [-0.1, -0.05) is 6.42 Å². The van der Waals surface area contributed by atoms with Crippen molar-refractivity contribution in [1.82, 2.24) is 4.37 Å². The van der Waals surface area contributed by atoms with Crippen molar-refractivity contribution >= 4 is 23.1 Å². The SMILES string of the molecule is COc1cc(C2CCCC(Cl)C2)sn1. The summed E-state index contributed by atoms with van der Waals surface area (Å²) in [5, 5.41) is 0.349. The number of nitrogens with zero attached hydrogens (tertiary/aromatic N) is 1. The minimum atomic E-state index is 0.349. The van der Waals surface area contributed by atoms with E-state index in [0.29, 0.717) is 11.3 Å². The summed E-state index contributed by atoms with van der Waals surface area (Å²) in [7, 11) is 1.66. The van der Waals surface area contributed by atoms with Gasteiger partial charge in [0, 0.05) is 16.3 Å². The second-order valence-electron chi connectivity index (χ2n) is 3.73. The Morgan fingerprint density at radius 1 is 1.57 bits per heavy atom. The maximum absolute atomic E-state index is 6.15. The van der Waals surface area contributed by atoms with E-state index in [9.17, 15) is 0 Å². The molecule has 0 aliphatic heterocycles. The van der Waals surface area contributed by atoms with Crippen LogP contribution in [0.2, 0.25) is 0 Å². The van der Waals surface area contributed by atoms with Crippen molar-refractivity contribution in [2.75, 3.05) is 7.11 Å². The first-order valence-corrected chi connectivity index (χ1v) is 6.15. The number of rotatable bonds is 2. The van der Waals surface area contributed by atoms with Crippen molar-refractivity contribution in [2.45, 2.75) is 37.0 Å². The molecule has 2 unspecified atom stereocenters. The lowest BCUT2D eigenvalue weighted by Gasteiger charge is -2.23. The maximum Gasteiger partial charge on any atom is 0.225 e. The van der Waals surface area contributed by atoms with Gasteiger partial charge in [0.1, 0.15) is 0 Å². The molecule has 0 N–H and O–H groups in total. The third kappa shape index (κ3) is 2.20. The number of halogens is 1. The molecule has 1 aliphatic rings. The molecule has 0 radical (unpaired) electrons. The number of hydrogen-bond donors (Lipinski definition) is 0. The third-order valence-electron chi connectivity index (χ3n) is 2.73. The molecule has 0 aromatic carbocycles. The molecule has 1 aliphatic carbocycles. The lowest BCUT2D eigenvalue weighted by Crippen LogP contribution is -2.12. The zero-order valence-corrected chi connectivity index (χ0v) is 9.77. The number of alkyl halides is 1. The van der Waals surface area contributed by atoms with Gasteiger partial charge in [-0.25, -0.2) is 0 Å². The van der Waals surface area contributed by atoms with E-state index >= 15 is 0 Å². The second kappa shape index (κ2) is 4.49. The van der Waals surface area contributed by atoms with Crippen LogP contribution in [0.25, 0.3) is 0 Å². The first-order valence-electron chi connectivity index (χ1n) is 4.94. The maximum atomic E-state index is 6.15. The predicted molar refractivity (Wildman–Crippen MR) is 59.5 cm³/mol.